The molecule has 0 spiro atoms. The van der Waals surface area contributed by atoms with Gasteiger partial charge >= 0.3 is 21.3 Å². The van der Waals surface area contributed by atoms with Crippen molar-refractivity contribution >= 4 is 42.3 Å². The summed E-state index contributed by atoms with van der Waals surface area (Å²) in [5.74, 6) is -2.10. The van der Waals surface area contributed by atoms with Crippen LogP contribution in [-0.2, 0) is 19.6 Å². The number of alkyl halides is 3. The van der Waals surface area contributed by atoms with E-state index in [2.05, 4.69) is 19.6 Å². The lowest BCUT2D eigenvalue weighted by molar-refractivity contribution is -0.161. The lowest BCUT2D eigenvalue weighted by atomic mass is 10.1. The number of halogens is 3. The van der Waals surface area contributed by atoms with Gasteiger partial charge in [0.15, 0.2) is 0 Å². The predicted molar refractivity (Wildman–Crippen MR) is 169 cm³/mol. The number of hydrogen-bond acceptors (Lipinski definition) is 4. The van der Waals surface area contributed by atoms with Crippen LogP contribution in [0.4, 0.5) is 8.78 Å². The van der Waals surface area contributed by atoms with Gasteiger partial charge in [0.2, 0.25) is 0 Å². The van der Waals surface area contributed by atoms with Gasteiger partial charge in [-0.2, -0.15) is 8.78 Å². The average Bonchev–Trinajstić information content (AvgIpc) is 3.01. The van der Waals surface area contributed by atoms with E-state index in [0.717, 1.165) is 24.6 Å². The molecule has 3 aromatic carbocycles. The summed E-state index contributed by atoms with van der Waals surface area (Å²) in [6, 6.07) is 25.4. The Hall–Kier alpha value is -2.27. The first-order chi connectivity index (χ1) is 20.3. The lowest BCUT2D eigenvalue weighted by Gasteiger charge is -2.35. The fourth-order valence-corrected chi connectivity index (χ4v) is 10.3. The van der Waals surface area contributed by atoms with Crippen LogP contribution in [0.5, 0.6) is 0 Å². The molecule has 10 heteroatoms. The molecule has 0 aliphatic carbocycles. The van der Waals surface area contributed by atoms with E-state index in [1.54, 1.807) is 91.0 Å². The second-order valence-electron chi connectivity index (χ2n) is 9.95. The van der Waals surface area contributed by atoms with Crippen LogP contribution >= 0.6 is 26.2 Å². The SMILES string of the molecule is O=C(OCCCCCCCCCCCCBr)C(F)(F)S(=O)(=O)[OH+]S(c1ccccc1)(c1ccccc1)c1ccccc1. The average molecular weight is 687 g/mol. The number of benzene rings is 3. The molecule has 42 heavy (non-hydrogen) atoms. The van der Waals surface area contributed by atoms with Gasteiger partial charge in [0.25, 0.3) is 0 Å². The number of unbranched alkanes of at least 4 members (excludes halogenated alkanes) is 9. The van der Waals surface area contributed by atoms with E-state index in [0.29, 0.717) is 27.5 Å². The Bertz CT molecular complexity index is 1210. The van der Waals surface area contributed by atoms with Crippen molar-refractivity contribution in [2.75, 3.05) is 11.9 Å². The largest absolute Gasteiger partial charge is 0.514 e. The Morgan fingerprint density at radius 3 is 1.38 bits per heavy atom. The van der Waals surface area contributed by atoms with E-state index in [9.17, 15) is 13.2 Å². The number of carbonyl (C=O) groups is 1. The molecule has 0 saturated carbocycles. The first kappa shape index (κ1) is 34.2. The fourth-order valence-electron chi connectivity index (χ4n) is 4.55. The molecule has 0 aliphatic heterocycles. The Morgan fingerprint density at radius 2 is 1.00 bits per heavy atom. The molecular weight excluding hydrogens is 646 g/mol. The normalized spacial score (nSPS) is 12.6. The van der Waals surface area contributed by atoms with E-state index in [1.807, 2.05) is 0 Å². The molecule has 0 aromatic heterocycles. The maximum Gasteiger partial charge on any atom is 0.514 e. The third-order valence-corrected chi connectivity index (χ3v) is 12.7. The van der Waals surface area contributed by atoms with Crippen LogP contribution in [0, 0.1) is 0 Å². The molecule has 0 aliphatic rings. The summed E-state index contributed by atoms with van der Waals surface area (Å²) in [7, 11) is -8.78. The molecule has 3 aromatic rings. The van der Waals surface area contributed by atoms with Crippen molar-refractivity contribution in [1.82, 2.24) is 0 Å². The summed E-state index contributed by atoms with van der Waals surface area (Å²) in [5.41, 5.74) is 0. The zero-order valence-electron chi connectivity index (χ0n) is 23.7. The third-order valence-electron chi connectivity index (χ3n) is 6.79. The van der Waals surface area contributed by atoms with E-state index >= 15 is 8.78 Å². The second-order valence-corrected chi connectivity index (χ2v) is 15.4. The number of esters is 1. The van der Waals surface area contributed by atoms with Crippen molar-refractivity contribution < 1.29 is 30.4 Å². The highest BCUT2D eigenvalue weighted by molar-refractivity contribution is 9.09. The molecule has 0 atom stereocenters. The van der Waals surface area contributed by atoms with Crippen LogP contribution in [0.25, 0.3) is 0 Å². The monoisotopic (exact) mass is 685 g/mol. The first-order valence-corrected chi connectivity index (χ1v) is 18.5. The zero-order chi connectivity index (χ0) is 30.3. The van der Waals surface area contributed by atoms with Crippen molar-refractivity contribution in [2.24, 2.45) is 0 Å². The van der Waals surface area contributed by atoms with Gasteiger partial charge in [-0.05, 0) is 49.2 Å². The van der Waals surface area contributed by atoms with E-state index in [-0.39, 0.29) is 6.61 Å². The summed E-state index contributed by atoms with van der Waals surface area (Å²) >= 11 is 3.43. The topological polar surface area (TPSA) is 73.2 Å². The minimum atomic E-state index is -5.68. The zero-order valence-corrected chi connectivity index (χ0v) is 26.9. The molecule has 3 rings (SSSR count). The van der Waals surface area contributed by atoms with Crippen LogP contribution in [0.15, 0.2) is 106 Å². The molecule has 230 valence electrons. The Balaban J connectivity index is 1.68. The van der Waals surface area contributed by atoms with Crippen molar-refractivity contribution in [3.63, 3.8) is 0 Å². The number of rotatable bonds is 19. The van der Waals surface area contributed by atoms with Crippen molar-refractivity contribution in [3.8, 4) is 0 Å². The van der Waals surface area contributed by atoms with Gasteiger partial charge < -0.3 is 4.74 Å². The number of hydrogen-bond donors (Lipinski definition) is 0. The molecule has 0 radical (unpaired) electrons. The summed E-state index contributed by atoms with van der Waals surface area (Å²) in [4.78, 5) is 13.8. The lowest BCUT2D eigenvalue weighted by Crippen LogP contribution is -2.42. The molecular formula is C32H40BrF2O5S2+. The predicted octanol–water partition coefficient (Wildman–Crippen LogP) is 9.74. The van der Waals surface area contributed by atoms with E-state index in [1.165, 1.54) is 32.1 Å². The summed E-state index contributed by atoms with van der Waals surface area (Å²) in [5, 5.41) is -3.81. The van der Waals surface area contributed by atoms with Crippen LogP contribution in [0.2, 0.25) is 0 Å². The Labute approximate surface area is 258 Å². The maximum absolute atomic E-state index is 15.4. The van der Waals surface area contributed by atoms with Crippen LogP contribution in [0.1, 0.15) is 64.2 Å². The summed E-state index contributed by atoms with van der Waals surface area (Å²) in [6.07, 6.45) is 10.2. The quantitative estimate of drug-likeness (QED) is 0.0414. The molecule has 0 bridgehead atoms. The molecule has 0 fully saturated rings. The second kappa shape index (κ2) is 17.1. The molecule has 0 heterocycles. The molecule has 0 unspecified atom stereocenters. The highest BCUT2D eigenvalue weighted by Gasteiger charge is 2.63. The van der Waals surface area contributed by atoms with Gasteiger partial charge in [-0.1, -0.05) is 122 Å². The number of ether oxygens (including phenoxy) is 1. The van der Waals surface area contributed by atoms with Crippen molar-refractivity contribution in [1.29, 1.82) is 0 Å². The van der Waals surface area contributed by atoms with E-state index in [4.69, 9.17) is 4.74 Å². The van der Waals surface area contributed by atoms with E-state index < -0.39 is 31.7 Å². The smallest absolute Gasteiger partial charge is 0.460 e. The highest BCUT2D eigenvalue weighted by Crippen LogP contribution is 2.68. The molecule has 1 N–H and O–H groups in total. The molecule has 0 amide bonds. The standard InChI is InChI=1S/C32H39BrF2O5S2/c33-26-18-7-5-3-1-2-4-6-8-19-27-39-31(36)32(34,35)42(37,38)40-41(28-20-12-9-13-21-28,29-22-14-10-15-23-29)30-24-16-11-17-25-30/h9-17,20-25H,1-8,18-19,26-27H2/p+1. The first-order valence-electron chi connectivity index (χ1n) is 14.3. The van der Waals surface area contributed by atoms with Gasteiger partial charge in [-0.3, -0.25) is 3.63 Å². The summed E-state index contributed by atoms with van der Waals surface area (Å²) < 4.78 is 66.1. The van der Waals surface area contributed by atoms with Gasteiger partial charge in [-0.25, -0.2) is 4.79 Å². The van der Waals surface area contributed by atoms with Crippen LogP contribution in [0.3, 0.4) is 0 Å². The maximum atomic E-state index is 15.4. The van der Waals surface area contributed by atoms with Gasteiger partial charge in [0, 0.05) is 5.33 Å². The van der Waals surface area contributed by atoms with Gasteiger partial charge in [0.1, 0.15) is 0 Å². The van der Waals surface area contributed by atoms with Crippen molar-refractivity contribution in [2.45, 2.75) is 84.1 Å². The minimum Gasteiger partial charge on any atom is -0.460 e. The highest BCUT2D eigenvalue weighted by atomic mass is 79.9. The Kier molecular flexibility index (Phi) is 14.0. The van der Waals surface area contributed by atoms with Crippen LogP contribution in [-0.4, -0.2) is 35.2 Å². The third kappa shape index (κ3) is 9.11. The fraction of sp³-hybridized carbons (Fsp3) is 0.406. The van der Waals surface area contributed by atoms with Crippen LogP contribution < -0.4 is 0 Å². The van der Waals surface area contributed by atoms with Crippen molar-refractivity contribution in [3.05, 3.63) is 91.0 Å². The number of carbonyl (C=O) groups excluding carboxylic acids is 1. The molecule has 0 saturated heterocycles. The van der Waals surface area contributed by atoms with Gasteiger partial charge in [-0.15, -0.1) is 8.42 Å². The molecule has 5 nitrogen and oxygen atoms in total. The minimum absolute atomic E-state index is 0.273. The summed E-state index contributed by atoms with van der Waals surface area (Å²) in [6.45, 7) is -0.273. The van der Waals surface area contributed by atoms with Gasteiger partial charge in [0.05, 0.1) is 31.6 Å². The Morgan fingerprint density at radius 1 is 0.643 bits per heavy atom.